The van der Waals surface area contributed by atoms with Crippen LogP contribution in [0, 0.1) is 0 Å². The number of carboxylic acid groups (broad SMARTS) is 1. The minimum Gasteiger partial charge on any atom is -0.508 e. The van der Waals surface area contributed by atoms with Gasteiger partial charge in [0.05, 0.1) is 18.2 Å². The first-order valence-corrected chi connectivity index (χ1v) is 8.89. The Morgan fingerprint density at radius 1 is 1.08 bits per heavy atom. The number of benzene rings is 2. The number of aromatic hydroxyl groups is 1. The molecule has 0 saturated carbocycles. The van der Waals surface area contributed by atoms with Gasteiger partial charge in [-0.25, -0.2) is 5.01 Å². The van der Waals surface area contributed by atoms with Crippen molar-refractivity contribution in [1.82, 2.24) is 5.01 Å². The maximum absolute atomic E-state index is 12.5. The van der Waals surface area contributed by atoms with E-state index in [9.17, 15) is 14.7 Å². The second kappa shape index (κ2) is 7.70. The van der Waals surface area contributed by atoms with E-state index in [1.54, 1.807) is 24.3 Å². The molecule has 134 valence electrons. The minimum atomic E-state index is -1.01. The number of halogens is 1. The summed E-state index contributed by atoms with van der Waals surface area (Å²) in [5.41, 5.74) is 2.47. The van der Waals surface area contributed by atoms with E-state index in [-0.39, 0.29) is 30.5 Å². The van der Waals surface area contributed by atoms with Gasteiger partial charge in [-0.2, -0.15) is 5.10 Å². The van der Waals surface area contributed by atoms with Gasteiger partial charge >= 0.3 is 5.97 Å². The van der Waals surface area contributed by atoms with E-state index >= 15 is 0 Å². The molecule has 7 heteroatoms. The molecule has 0 aromatic heterocycles. The van der Waals surface area contributed by atoms with Gasteiger partial charge in [0.25, 0.3) is 0 Å². The van der Waals surface area contributed by atoms with E-state index < -0.39 is 5.97 Å². The van der Waals surface area contributed by atoms with Crippen LogP contribution in [0.15, 0.2) is 58.1 Å². The lowest BCUT2D eigenvalue weighted by Crippen LogP contribution is -2.27. The molecule has 2 N–H and O–H groups in total. The summed E-state index contributed by atoms with van der Waals surface area (Å²) in [5.74, 6) is -1.18. The number of amides is 1. The van der Waals surface area contributed by atoms with Crippen LogP contribution in [0.25, 0.3) is 0 Å². The van der Waals surface area contributed by atoms with Crippen LogP contribution in [0.1, 0.15) is 36.4 Å². The quantitative estimate of drug-likeness (QED) is 0.777. The Bertz CT molecular complexity index is 847. The topological polar surface area (TPSA) is 90.2 Å². The van der Waals surface area contributed by atoms with Crippen molar-refractivity contribution in [1.29, 1.82) is 0 Å². The minimum absolute atomic E-state index is 0.102. The van der Waals surface area contributed by atoms with Crippen LogP contribution in [0.4, 0.5) is 0 Å². The molecular weight excluding hydrogens is 400 g/mol. The number of nitrogens with zero attached hydrogens (tertiary/aromatic N) is 2. The molecule has 0 unspecified atom stereocenters. The molecule has 0 spiro atoms. The molecule has 6 nitrogen and oxygen atoms in total. The lowest BCUT2D eigenvalue weighted by molar-refractivity contribution is -0.141. The Morgan fingerprint density at radius 2 is 1.73 bits per heavy atom. The predicted molar refractivity (Wildman–Crippen MR) is 99.9 cm³/mol. The van der Waals surface area contributed by atoms with E-state index in [1.807, 2.05) is 24.3 Å². The van der Waals surface area contributed by atoms with Gasteiger partial charge in [-0.15, -0.1) is 0 Å². The molecule has 3 rings (SSSR count). The van der Waals surface area contributed by atoms with Crippen molar-refractivity contribution in [2.75, 3.05) is 0 Å². The number of phenols is 1. The number of carbonyl (C=O) groups excluding carboxylic acids is 1. The van der Waals surface area contributed by atoms with E-state index in [1.165, 1.54) is 5.01 Å². The zero-order valence-electron chi connectivity index (χ0n) is 13.8. The second-order valence-electron chi connectivity index (χ2n) is 6.00. The predicted octanol–water partition coefficient (Wildman–Crippen LogP) is 3.70. The van der Waals surface area contributed by atoms with Gasteiger partial charge in [0.1, 0.15) is 5.75 Å². The Morgan fingerprint density at radius 3 is 2.35 bits per heavy atom. The summed E-state index contributed by atoms with van der Waals surface area (Å²) in [7, 11) is 0. The Labute approximate surface area is 158 Å². The number of rotatable bonds is 5. The van der Waals surface area contributed by atoms with Gasteiger partial charge < -0.3 is 10.2 Å². The summed E-state index contributed by atoms with van der Waals surface area (Å²) in [5, 5.41) is 24.1. The number of carbonyl (C=O) groups is 2. The molecule has 1 heterocycles. The number of carboxylic acids is 1. The molecule has 0 aliphatic carbocycles. The van der Waals surface area contributed by atoms with Crippen LogP contribution < -0.4 is 0 Å². The summed E-state index contributed by atoms with van der Waals surface area (Å²) < 4.78 is 0.933. The Balaban J connectivity index is 1.89. The van der Waals surface area contributed by atoms with Crippen molar-refractivity contribution in [3.8, 4) is 5.75 Å². The van der Waals surface area contributed by atoms with Gasteiger partial charge in [0.15, 0.2) is 0 Å². The third kappa shape index (κ3) is 4.11. The van der Waals surface area contributed by atoms with E-state index in [4.69, 9.17) is 5.11 Å². The van der Waals surface area contributed by atoms with Crippen LogP contribution in [0.3, 0.4) is 0 Å². The highest BCUT2D eigenvalue weighted by Crippen LogP contribution is 2.34. The van der Waals surface area contributed by atoms with Crippen molar-refractivity contribution in [2.24, 2.45) is 5.10 Å². The highest BCUT2D eigenvalue weighted by atomic mass is 79.9. The lowest BCUT2D eigenvalue weighted by atomic mass is 9.98. The van der Waals surface area contributed by atoms with Crippen molar-refractivity contribution in [3.05, 3.63) is 64.1 Å². The van der Waals surface area contributed by atoms with Crippen LogP contribution >= 0.6 is 15.9 Å². The molecule has 2 aromatic rings. The van der Waals surface area contributed by atoms with Crippen molar-refractivity contribution in [3.63, 3.8) is 0 Å². The van der Waals surface area contributed by atoms with Gasteiger partial charge in [-0.1, -0.05) is 28.1 Å². The highest BCUT2D eigenvalue weighted by Gasteiger charge is 2.33. The standard InChI is InChI=1S/C19H17BrN2O4/c20-14-5-1-13(2-6-14)17-11-16(12-3-7-15(23)8-4-12)21-22(17)18(24)9-10-19(25)26/h1-8,17,23H,9-11H2,(H,25,26)/t17-/m1/s1. The van der Waals surface area contributed by atoms with Crippen LogP contribution in [-0.4, -0.2) is 32.8 Å². The van der Waals surface area contributed by atoms with Gasteiger partial charge in [-0.3, -0.25) is 9.59 Å². The van der Waals surface area contributed by atoms with Crippen LogP contribution in [-0.2, 0) is 9.59 Å². The lowest BCUT2D eigenvalue weighted by Gasteiger charge is -2.22. The average Bonchev–Trinajstić information content (AvgIpc) is 3.06. The zero-order chi connectivity index (χ0) is 18.7. The fourth-order valence-corrected chi connectivity index (χ4v) is 3.11. The van der Waals surface area contributed by atoms with E-state index in [0.29, 0.717) is 6.42 Å². The maximum atomic E-state index is 12.5. The van der Waals surface area contributed by atoms with Crippen molar-refractivity contribution >= 4 is 33.5 Å². The Kier molecular flexibility index (Phi) is 5.37. The number of hydrogen-bond donors (Lipinski definition) is 2. The third-order valence-electron chi connectivity index (χ3n) is 4.17. The molecule has 26 heavy (non-hydrogen) atoms. The van der Waals surface area contributed by atoms with Crippen molar-refractivity contribution in [2.45, 2.75) is 25.3 Å². The summed E-state index contributed by atoms with van der Waals surface area (Å²) in [6, 6.07) is 14.0. The average molecular weight is 417 g/mol. The molecule has 0 fully saturated rings. The van der Waals surface area contributed by atoms with Gasteiger partial charge in [-0.05, 0) is 47.5 Å². The zero-order valence-corrected chi connectivity index (χ0v) is 15.4. The largest absolute Gasteiger partial charge is 0.508 e. The first-order chi connectivity index (χ1) is 12.4. The molecule has 0 radical (unpaired) electrons. The number of hydrazone groups is 1. The molecule has 1 atom stereocenters. The van der Waals surface area contributed by atoms with Gasteiger partial charge in [0, 0.05) is 17.3 Å². The molecular formula is C19H17BrN2O4. The van der Waals surface area contributed by atoms with E-state index in [2.05, 4.69) is 21.0 Å². The smallest absolute Gasteiger partial charge is 0.303 e. The second-order valence-corrected chi connectivity index (χ2v) is 6.91. The normalized spacial score (nSPS) is 16.4. The fraction of sp³-hybridized carbons (Fsp3) is 0.211. The fourth-order valence-electron chi connectivity index (χ4n) is 2.84. The molecule has 1 amide bonds. The molecule has 1 aliphatic heterocycles. The summed E-state index contributed by atoms with van der Waals surface area (Å²) in [6.45, 7) is 0. The van der Waals surface area contributed by atoms with E-state index in [0.717, 1.165) is 21.3 Å². The van der Waals surface area contributed by atoms with Crippen molar-refractivity contribution < 1.29 is 19.8 Å². The monoisotopic (exact) mass is 416 g/mol. The molecule has 0 bridgehead atoms. The number of aliphatic carboxylic acids is 1. The molecule has 1 aliphatic rings. The summed E-state index contributed by atoms with van der Waals surface area (Å²) in [4.78, 5) is 23.3. The van der Waals surface area contributed by atoms with Gasteiger partial charge in [0.2, 0.25) is 5.91 Å². The summed E-state index contributed by atoms with van der Waals surface area (Å²) >= 11 is 3.40. The summed E-state index contributed by atoms with van der Waals surface area (Å²) in [6.07, 6.45) is 0.187. The third-order valence-corrected chi connectivity index (χ3v) is 4.70. The first kappa shape index (κ1) is 18.1. The molecule has 0 saturated heterocycles. The van der Waals surface area contributed by atoms with Crippen LogP contribution in [0.2, 0.25) is 0 Å². The molecule has 2 aromatic carbocycles. The highest BCUT2D eigenvalue weighted by molar-refractivity contribution is 9.10. The Hall–Kier alpha value is -2.67. The number of phenolic OH excluding ortho intramolecular Hbond substituents is 1. The maximum Gasteiger partial charge on any atom is 0.303 e. The SMILES string of the molecule is O=C(O)CCC(=O)N1N=C(c2ccc(O)cc2)C[C@@H]1c1ccc(Br)cc1. The first-order valence-electron chi connectivity index (χ1n) is 8.10. The number of hydrogen-bond acceptors (Lipinski definition) is 4. The van der Waals surface area contributed by atoms with Crippen LogP contribution in [0.5, 0.6) is 5.75 Å².